The minimum Gasteiger partial charge on any atom is -0.465 e. The van der Waals surface area contributed by atoms with E-state index in [1.807, 2.05) is 0 Å². The largest absolute Gasteiger partial charge is 0.465 e. The number of carboxylic acid groups (broad SMARTS) is 1. The fourth-order valence-corrected chi connectivity index (χ4v) is 2.07. The Hall–Kier alpha value is -1.30. The van der Waals surface area contributed by atoms with Crippen molar-refractivity contribution in [2.75, 3.05) is 14.2 Å². The maximum atomic E-state index is 11.8. The fourth-order valence-electron chi connectivity index (χ4n) is 2.07. The molecule has 0 aromatic carbocycles. The van der Waals surface area contributed by atoms with Crippen molar-refractivity contribution in [2.24, 2.45) is 5.92 Å². The molecule has 2 amide bonds. The molecule has 0 aliphatic heterocycles. The third kappa shape index (κ3) is 3.37. The Morgan fingerprint density at radius 3 is 2.69 bits per heavy atom. The zero-order valence-electron chi connectivity index (χ0n) is 9.60. The second kappa shape index (κ2) is 5.69. The van der Waals surface area contributed by atoms with Gasteiger partial charge in [-0.3, -0.25) is 9.63 Å². The van der Waals surface area contributed by atoms with Crippen LogP contribution in [0.5, 0.6) is 0 Å². The summed E-state index contributed by atoms with van der Waals surface area (Å²) in [4.78, 5) is 27.1. The fraction of sp³-hybridized carbons (Fsp3) is 0.800. The number of carbonyl (C=O) groups is 2. The molecule has 0 aromatic rings. The van der Waals surface area contributed by atoms with E-state index in [1.54, 1.807) is 7.05 Å². The lowest BCUT2D eigenvalue weighted by Crippen LogP contribution is -2.42. The van der Waals surface area contributed by atoms with Crippen LogP contribution in [0.25, 0.3) is 0 Å². The third-order valence-electron chi connectivity index (χ3n) is 2.94. The summed E-state index contributed by atoms with van der Waals surface area (Å²) < 4.78 is 0. The van der Waals surface area contributed by atoms with Crippen LogP contribution in [0.15, 0.2) is 0 Å². The topological polar surface area (TPSA) is 78.9 Å². The van der Waals surface area contributed by atoms with Crippen molar-refractivity contribution < 1.29 is 19.5 Å². The molecule has 0 unspecified atom stereocenters. The number of hydrogen-bond acceptors (Lipinski definition) is 3. The summed E-state index contributed by atoms with van der Waals surface area (Å²) in [5.41, 5.74) is 0. The van der Waals surface area contributed by atoms with Crippen molar-refractivity contribution >= 4 is 12.0 Å². The Bertz CT molecular complexity index is 270. The molecule has 2 atom stereocenters. The first kappa shape index (κ1) is 12.8. The van der Waals surface area contributed by atoms with Crippen LogP contribution >= 0.6 is 0 Å². The van der Waals surface area contributed by atoms with Crippen LogP contribution in [0.2, 0.25) is 0 Å². The van der Waals surface area contributed by atoms with Crippen LogP contribution in [0.3, 0.4) is 0 Å². The predicted octanol–water partition coefficient (Wildman–Crippen LogP) is 0.833. The van der Waals surface area contributed by atoms with E-state index >= 15 is 0 Å². The highest BCUT2D eigenvalue weighted by atomic mass is 16.7. The summed E-state index contributed by atoms with van der Waals surface area (Å²) in [5.74, 6) is -0.227. The van der Waals surface area contributed by atoms with Gasteiger partial charge >= 0.3 is 6.09 Å². The van der Waals surface area contributed by atoms with E-state index in [9.17, 15) is 9.59 Å². The number of hydrogen-bond donors (Lipinski definition) is 2. The zero-order valence-corrected chi connectivity index (χ0v) is 9.60. The first-order chi connectivity index (χ1) is 7.54. The van der Waals surface area contributed by atoms with Crippen molar-refractivity contribution in [2.45, 2.75) is 31.7 Å². The van der Waals surface area contributed by atoms with Gasteiger partial charge in [-0.25, -0.2) is 9.86 Å². The van der Waals surface area contributed by atoms with E-state index < -0.39 is 6.09 Å². The Balaban J connectivity index is 2.49. The van der Waals surface area contributed by atoms with E-state index in [0.717, 1.165) is 19.3 Å². The van der Waals surface area contributed by atoms with Gasteiger partial charge in [-0.05, 0) is 19.3 Å². The monoisotopic (exact) mass is 230 g/mol. The van der Waals surface area contributed by atoms with Crippen LogP contribution in [0.4, 0.5) is 4.79 Å². The highest BCUT2D eigenvalue weighted by molar-refractivity contribution is 5.77. The van der Waals surface area contributed by atoms with E-state index in [-0.39, 0.29) is 17.9 Å². The molecule has 2 N–H and O–H groups in total. The summed E-state index contributed by atoms with van der Waals surface area (Å²) in [6, 6.07) is -0.120. The van der Waals surface area contributed by atoms with E-state index in [0.29, 0.717) is 6.42 Å². The molecule has 1 rings (SSSR count). The van der Waals surface area contributed by atoms with Gasteiger partial charge in [-0.2, -0.15) is 0 Å². The molecule has 16 heavy (non-hydrogen) atoms. The quantitative estimate of drug-likeness (QED) is 0.704. The van der Waals surface area contributed by atoms with Crippen molar-refractivity contribution in [3.8, 4) is 0 Å². The number of nitrogens with one attached hydrogen (secondary N) is 1. The van der Waals surface area contributed by atoms with E-state index in [2.05, 4.69) is 5.32 Å². The molecule has 1 aliphatic rings. The molecule has 0 spiro atoms. The van der Waals surface area contributed by atoms with Gasteiger partial charge in [-0.15, -0.1) is 0 Å². The summed E-state index contributed by atoms with van der Waals surface area (Å²) in [6.45, 7) is 0. The first-order valence-electron chi connectivity index (χ1n) is 5.35. The summed E-state index contributed by atoms with van der Waals surface area (Å²) in [6.07, 6.45) is 1.98. The molecular formula is C10H18N2O4. The Morgan fingerprint density at radius 2 is 2.12 bits per heavy atom. The second-order valence-electron chi connectivity index (χ2n) is 4.03. The Kier molecular flexibility index (Phi) is 4.54. The molecule has 0 bridgehead atoms. The third-order valence-corrected chi connectivity index (χ3v) is 2.94. The highest BCUT2D eigenvalue weighted by Crippen LogP contribution is 2.25. The number of hydroxylamine groups is 2. The summed E-state index contributed by atoms with van der Waals surface area (Å²) in [7, 11) is 3.00. The van der Waals surface area contributed by atoms with Crippen LogP contribution < -0.4 is 5.32 Å². The van der Waals surface area contributed by atoms with Crippen LogP contribution in [-0.2, 0) is 9.63 Å². The van der Waals surface area contributed by atoms with Gasteiger partial charge in [-0.1, -0.05) is 6.42 Å². The van der Waals surface area contributed by atoms with Gasteiger partial charge in [0.15, 0.2) is 0 Å². The summed E-state index contributed by atoms with van der Waals surface area (Å²) >= 11 is 0. The average Bonchev–Trinajstić information content (AvgIpc) is 2.26. The van der Waals surface area contributed by atoms with E-state index in [4.69, 9.17) is 9.94 Å². The molecule has 6 nitrogen and oxygen atoms in total. The smallest absolute Gasteiger partial charge is 0.404 e. The van der Waals surface area contributed by atoms with Crippen molar-refractivity contribution in [3.63, 3.8) is 0 Å². The number of rotatable bonds is 3. The summed E-state index contributed by atoms with van der Waals surface area (Å²) in [5, 5.41) is 12.2. The van der Waals surface area contributed by atoms with E-state index in [1.165, 1.54) is 12.2 Å². The van der Waals surface area contributed by atoms with Gasteiger partial charge in [0.25, 0.3) is 0 Å². The number of carbonyl (C=O) groups excluding carboxylic acids is 1. The number of amides is 2. The zero-order chi connectivity index (χ0) is 12.1. The SMILES string of the molecule is CON(C)C(=O)[C@H]1CCC[C@@H](NC(=O)O)C1. The van der Waals surface area contributed by atoms with Gasteiger partial charge in [0.1, 0.15) is 0 Å². The maximum absolute atomic E-state index is 11.8. The molecule has 6 heteroatoms. The van der Waals surface area contributed by atoms with Gasteiger partial charge in [0.05, 0.1) is 7.11 Å². The molecule has 0 radical (unpaired) electrons. The van der Waals surface area contributed by atoms with Crippen LogP contribution in [0.1, 0.15) is 25.7 Å². The molecule has 92 valence electrons. The molecule has 0 heterocycles. The molecule has 0 aromatic heterocycles. The average molecular weight is 230 g/mol. The molecule has 1 saturated carbocycles. The molecule has 0 saturated heterocycles. The molecule has 1 aliphatic carbocycles. The second-order valence-corrected chi connectivity index (χ2v) is 4.03. The maximum Gasteiger partial charge on any atom is 0.404 e. The van der Waals surface area contributed by atoms with Crippen LogP contribution in [-0.4, -0.2) is 42.4 Å². The number of nitrogens with zero attached hydrogens (tertiary/aromatic N) is 1. The van der Waals surface area contributed by atoms with Crippen LogP contribution in [0, 0.1) is 5.92 Å². The van der Waals surface area contributed by atoms with Gasteiger partial charge < -0.3 is 10.4 Å². The lowest BCUT2D eigenvalue weighted by Gasteiger charge is -2.30. The normalized spacial score (nSPS) is 24.9. The van der Waals surface area contributed by atoms with Gasteiger partial charge in [0, 0.05) is 19.0 Å². The van der Waals surface area contributed by atoms with Crippen molar-refractivity contribution in [1.82, 2.24) is 10.4 Å². The molecular weight excluding hydrogens is 212 g/mol. The molecule has 1 fully saturated rings. The highest BCUT2D eigenvalue weighted by Gasteiger charge is 2.29. The minimum absolute atomic E-state index is 0.0839. The Morgan fingerprint density at radius 1 is 1.44 bits per heavy atom. The van der Waals surface area contributed by atoms with Crippen molar-refractivity contribution in [1.29, 1.82) is 0 Å². The van der Waals surface area contributed by atoms with Crippen molar-refractivity contribution in [3.05, 3.63) is 0 Å². The standard InChI is InChI=1S/C10H18N2O4/c1-12(16-2)9(13)7-4-3-5-8(6-7)11-10(14)15/h7-8,11H,3-6H2,1-2H3,(H,14,15)/t7-,8+/m0/s1. The lowest BCUT2D eigenvalue weighted by atomic mass is 9.85. The van der Waals surface area contributed by atoms with Gasteiger partial charge in [0.2, 0.25) is 5.91 Å². The predicted molar refractivity (Wildman–Crippen MR) is 56.7 cm³/mol. The lowest BCUT2D eigenvalue weighted by molar-refractivity contribution is -0.174. The Labute approximate surface area is 94.5 Å². The first-order valence-corrected chi connectivity index (χ1v) is 5.35. The minimum atomic E-state index is -1.03.